The Morgan fingerprint density at radius 2 is 1.56 bits per heavy atom. The van der Waals surface area contributed by atoms with Crippen LogP contribution in [0.2, 0.25) is 0 Å². The summed E-state index contributed by atoms with van der Waals surface area (Å²) in [5.41, 5.74) is 0.495. The lowest BCUT2D eigenvalue weighted by atomic mass is 10.0. The van der Waals surface area contributed by atoms with Crippen molar-refractivity contribution in [2.45, 2.75) is 110 Å². The maximum Gasteiger partial charge on any atom is 0.408 e. The number of benzene rings is 1. The first-order valence-electron chi connectivity index (χ1n) is 14.3. The van der Waals surface area contributed by atoms with Gasteiger partial charge in [-0.15, -0.1) is 6.42 Å². The number of carbonyl (C=O) groups is 3. The van der Waals surface area contributed by atoms with Crippen molar-refractivity contribution in [3.05, 3.63) is 35.4 Å². The molecule has 8 heteroatoms. The summed E-state index contributed by atoms with van der Waals surface area (Å²) in [7, 11) is 0. The van der Waals surface area contributed by atoms with Crippen LogP contribution in [-0.2, 0) is 14.3 Å². The van der Waals surface area contributed by atoms with Crippen molar-refractivity contribution in [1.82, 2.24) is 15.5 Å². The molecule has 0 bridgehead atoms. The van der Waals surface area contributed by atoms with Crippen LogP contribution in [0.15, 0.2) is 24.3 Å². The monoisotopic (exact) mass is 543 g/mol. The zero-order valence-corrected chi connectivity index (χ0v) is 24.6. The van der Waals surface area contributed by atoms with E-state index in [2.05, 4.69) is 30.4 Å². The number of terminal acetylenes is 1. The molecule has 1 aromatic carbocycles. The van der Waals surface area contributed by atoms with Gasteiger partial charge in [0.15, 0.2) is 0 Å². The Morgan fingerprint density at radius 3 is 2.13 bits per heavy atom. The van der Waals surface area contributed by atoms with Crippen LogP contribution in [0.3, 0.4) is 0 Å². The highest BCUT2D eigenvalue weighted by Crippen LogP contribution is 2.24. The van der Waals surface area contributed by atoms with Crippen molar-refractivity contribution in [1.29, 1.82) is 0 Å². The van der Waals surface area contributed by atoms with E-state index in [9.17, 15) is 19.5 Å². The number of aliphatic hydroxyl groups is 1. The van der Waals surface area contributed by atoms with E-state index in [1.165, 1.54) is 4.90 Å². The molecule has 3 amide bonds. The van der Waals surface area contributed by atoms with Crippen LogP contribution in [0.4, 0.5) is 4.79 Å². The van der Waals surface area contributed by atoms with Crippen LogP contribution >= 0.6 is 0 Å². The molecule has 39 heavy (non-hydrogen) atoms. The average molecular weight is 544 g/mol. The van der Waals surface area contributed by atoms with Crippen LogP contribution in [0.25, 0.3) is 0 Å². The fourth-order valence-electron chi connectivity index (χ4n) is 4.18. The number of unbranched alkanes of at least 4 members (excludes halogenated alkanes) is 7. The third-order valence-electron chi connectivity index (χ3n) is 6.24. The largest absolute Gasteiger partial charge is 0.444 e. The molecule has 0 aromatic heterocycles. The second-order valence-corrected chi connectivity index (χ2v) is 10.8. The number of ether oxygens (including phenoxy) is 1. The maximum atomic E-state index is 13.8. The Hall–Kier alpha value is -3.05. The predicted molar refractivity (Wildman–Crippen MR) is 155 cm³/mol. The smallest absolute Gasteiger partial charge is 0.408 e. The number of aliphatic hydroxyl groups excluding tert-OH is 1. The fourth-order valence-corrected chi connectivity index (χ4v) is 4.18. The summed E-state index contributed by atoms with van der Waals surface area (Å²) in [6.07, 6.45) is 13.5. The molecule has 0 aliphatic rings. The highest BCUT2D eigenvalue weighted by atomic mass is 16.6. The second-order valence-electron chi connectivity index (χ2n) is 10.8. The van der Waals surface area contributed by atoms with Crippen molar-refractivity contribution < 1.29 is 24.2 Å². The van der Waals surface area contributed by atoms with Crippen molar-refractivity contribution in [2.75, 3.05) is 19.7 Å². The summed E-state index contributed by atoms with van der Waals surface area (Å²) >= 11 is 0. The number of alkyl carbamates (subject to hydrolysis) is 1. The molecule has 2 atom stereocenters. The lowest BCUT2D eigenvalue weighted by molar-refractivity contribution is -0.143. The van der Waals surface area contributed by atoms with Crippen molar-refractivity contribution in [3.63, 3.8) is 0 Å². The molecule has 0 spiro atoms. The van der Waals surface area contributed by atoms with E-state index in [1.807, 2.05) is 0 Å². The summed E-state index contributed by atoms with van der Waals surface area (Å²) in [6, 6.07) is 4.77. The molecule has 1 rings (SSSR count). The van der Waals surface area contributed by atoms with Gasteiger partial charge in [-0.25, -0.2) is 4.79 Å². The summed E-state index contributed by atoms with van der Waals surface area (Å²) in [6.45, 7) is 9.54. The van der Waals surface area contributed by atoms with E-state index in [1.54, 1.807) is 45.0 Å². The van der Waals surface area contributed by atoms with Gasteiger partial charge >= 0.3 is 6.09 Å². The lowest BCUT2D eigenvalue weighted by Crippen LogP contribution is -2.54. The van der Waals surface area contributed by atoms with Gasteiger partial charge in [-0.2, -0.15) is 0 Å². The summed E-state index contributed by atoms with van der Waals surface area (Å²) in [5.74, 6) is 1.71. The van der Waals surface area contributed by atoms with E-state index >= 15 is 0 Å². The molecule has 0 aliphatic carbocycles. The van der Waals surface area contributed by atoms with Crippen LogP contribution in [0, 0.1) is 12.3 Å². The molecule has 0 saturated heterocycles. The van der Waals surface area contributed by atoms with Crippen LogP contribution in [-0.4, -0.2) is 59.3 Å². The SMILES string of the molecule is C#Cc1ccc(C(C(=O)NCCCCC)N(CCCCCCCC)C(=O)C(CO)NC(=O)OC(C)(C)C)cc1. The van der Waals surface area contributed by atoms with Gasteiger partial charge < -0.3 is 25.4 Å². The molecule has 8 nitrogen and oxygen atoms in total. The van der Waals surface area contributed by atoms with E-state index in [-0.39, 0.29) is 5.91 Å². The normalized spacial score (nSPS) is 12.6. The molecule has 0 saturated carbocycles. The van der Waals surface area contributed by atoms with Crippen molar-refractivity contribution in [3.8, 4) is 12.3 Å². The quantitative estimate of drug-likeness (QED) is 0.187. The topological polar surface area (TPSA) is 108 Å². The van der Waals surface area contributed by atoms with Gasteiger partial charge in [0.1, 0.15) is 17.7 Å². The molecule has 0 radical (unpaired) electrons. The van der Waals surface area contributed by atoms with Crippen LogP contribution < -0.4 is 10.6 Å². The Balaban J connectivity index is 3.32. The molecular weight excluding hydrogens is 494 g/mol. The van der Waals surface area contributed by atoms with Gasteiger partial charge in [0.05, 0.1) is 6.61 Å². The number of rotatable bonds is 17. The number of nitrogens with zero attached hydrogens (tertiary/aromatic N) is 1. The summed E-state index contributed by atoms with van der Waals surface area (Å²) in [4.78, 5) is 41.3. The second kappa shape index (κ2) is 18.3. The molecule has 3 N–H and O–H groups in total. The first kappa shape index (κ1) is 34.0. The standard InChI is InChI=1S/C31H49N3O5/c1-7-10-12-13-14-16-22-34(29(37)26(23-35)33-30(38)39-31(4,5)6)27(28(36)32-21-15-11-8-2)25-19-17-24(9-3)18-20-25/h3,17-20,26-27,35H,7-8,10-16,21-23H2,1-2,4-6H3,(H,32,36)(H,33,38). The van der Waals surface area contributed by atoms with Gasteiger partial charge in [-0.1, -0.05) is 76.8 Å². The highest BCUT2D eigenvalue weighted by Gasteiger charge is 2.35. The third-order valence-corrected chi connectivity index (χ3v) is 6.24. The summed E-state index contributed by atoms with van der Waals surface area (Å²) < 4.78 is 5.30. The van der Waals surface area contributed by atoms with E-state index in [0.29, 0.717) is 30.6 Å². The highest BCUT2D eigenvalue weighted by molar-refractivity contribution is 5.92. The molecule has 0 heterocycles. The Bertz CT molecular complexity index is 918. The lowest BCUT2D eigenvalue weighted by Gasteiger charge is -2.34. The third kappa shape index (κ3) is 13.0. The zero-order chi connectivity index (χ0) is 29.3. The predicted octanol–water partition coefficient (Wildman–Crippen LogP) is 5.09. The van der Waals surface area contributed by atoms with E-state index in [0.717, 1.165) is 51.4 Å². The number of nitrogens with one attached hydrogen (secondary N) is 2. The Kier molecular flexibility index (Phi) is 15.9. The Labute approximate surface area is 235 Å². The van der Waals surface area contributed by atoms with Crippen molar-refractivity contribution >= 4 is 17.9 Å². The number of hydrogen-bond donors (Lipinski definition) is 3. The minimum absolute atomic E-state index is 0.293. The van der Waals surface area contributed by atoms with Crippen LogP contribution in [0.5, 0.6) is 0 Å². The number of carbonyl (C=O) groups excluding carboxylic acids is 3. The van der Waals surface area contributed by atoms with E-state index < -0.39 is 36.3 Å². The first-order chi connectivity index (χ1) is 18.6. The molecule has 0 fully saturated rings. The molecular formula is C31H49N3O5. The van der Waals surface area contributed by atoms with Crippen molar-refractivity contribution in [2.24, 2.45) is 0 Å². The minimum atomic E-state index is -1.26. The maximum absolute atomic E-state index is 13.8. The van der Waals surface area contributed by atoms with Gasteiger partial charge in [0, 0.05) is 18.7 Å². The average Bonchev–Trinajstić information content (AvgIpc) is 2.89. The van der Waals surface area contributed by atoms with E-state index in [4.69, 9.17) is 11.2 Å². The number of amides is 3. The first-order valence-corrected chi connectivity index (χ1v) is 14.3. The van der Waals surface area contributed by atoms with Gasteiger partial charge in [0.25, 0.3) is 0 Å². The molecule has 0 aliphatic heterocycles. The molecule has 2 unspecified atom stereocenters. The van der Waals surface area contributed by atoms with Gasteiger partial charge in [0.2, 0.25) is 11.8 Å². The fraction of sp³-hybridized carbons (Fsp3) is 0.645. The number of hydrogen-bond acceptors (Lipinski definition) is 5. The minimum Gasteiger partial charge on any atom is -0.444 e. The Morgan fingerprint density at radius 1 is 0.974 bits per heavy atom. The molecule has 1 aromatic rings. The van der Waals surface area contributed by atoms with Gasteiger partial charge in [-0.3, -0.25) is 9.59 Å². The van der Waals surface area contributed by atoms with Gasteiger partial charge in [-0.05, 0) is 51.3 Å². The molecule has 218 valence electrons. The summed E-state index contributed by atoms with van der Waals surface area (Å²) in [5, 5.41) is 15.5. The zero-order valence-electron chi connectivity index (χ0n) is 24.6. The van der Waals surface area contributed by atoms with Crippen LogP contribution in [0.1, 0.15) is 110 Å².